The first-order chi connectivity index (χ1) is 23.1. The van der Waals surface area contributed by atoms with Crippen LogP contribution in [0.25, 0.3) is 77.3 Å². The Morgan fingerprint density at radius 3 is 2.25 bits per heavy atom. The van der Waals surface area contributed by atoms with E-state index in [1.807, 2.05) is 61.7 Å². The third kappa shape index (κ3) is 5.91. The van der Waals surface area contributed by atoms with Crippen molar-refractivity contribution in [2.24, 2.45) is 0 Å². The SMILES string of the molecule is Cc1ccc2cc(-c3ccnc(-c4[c-]ccc5c4oc4c6ccccc6ccc54)c3)c(C)cc2n1.[Ir].[c-]1ccccc1-c1ccccn1. The van der Waals surface area contributed by atoms with E-state index in [0.717, 1.165) is 72.0 Å². The Kier molecular flexibility index (Phi) is 8.64. The van der Waals surface area contributed by atoms with Crippen molar-refractivity contribution in [3.05, 3.63) is 163 Å². The Labute approximate surface area is 292 Å². The van der Waals surface area contributed by atoms with E-state index in [1.54, 1.807) is 6.20 Å². The molecule has 0 aliphatic carbocycles. The van der Waals surface area contributed by atoms with Crippen molar-refractivity contribution in [3.63, 3.8) is 0 Å². The molecule has 0 saturated carbocycles. The van der Waals surface area contributed by atoms with Gasteiger partial charge in [-0.15, -0.1) is 54.1 Å². The Bertz CT molecular complexity index is 2510. The minimum atomic E-state index is 0. The van der Waals surface area contributed by atoms with Crippen LogP contribution >= 0.6 is 0 Å². The molecule has 5 heteroatoms. The summed E-state index contributed by atoms with van der Waals surface area (Å²) in [6, 6.07) is 49.6. The van der Waals surface area contributed by atoms with Gasteiger partial charge in [-0.05, 0) is 77.6 Å². The van der Waals surface area contributed by atoms with E-state index >= 15 is 0 Å². The average Bonchev–Trinajstić information content (AvgIpc) is 3.52. The maximum Gasteiger partial charge on any atom is 0.128 e. The predicted octanol–water partition coefficient (Wildman–Crippen LogP) is 11.0. The zero-order valence-corrected chi connectivity index (χ0v) is 28.8. The summed E-state index contributed by atoms with van der Waals surface area (Å²) >= 11 is 0. The Morgan fingerprint density at radius 2 is 1.40 bits per heavy atom. The topological polar surface area (TPSA) is 51.8 Å². The molecule has 4 heterocycles. The largest absolute Gasteiger partial charge is 0.500 e. The van der Waals surface area contributed by atoms with Crippen LogP contribution in [-0.4, -0.2) is 15.0 Å². The van der Waals surface area contributed by atoms with Crippen molar-refractivity contribution < 1.29 is 24.5 Å². The molecule has 0 N–H and O–H groups in total. The predicted molar refractivity (Wildman–Crippen MR) is 192 cm³/mol. The Hall–Kier alpha value is -5.48. The van der Waals surface area contributed by atoms with E-state index < -0.39 is 0 Å². The van der Waals surface area contributed by atoms with Gasteiger partial charge >= 0.3 is 0 Å². The molecule has 1 radical (unpaired) electrons. The number of hydrogen-bond donors (Lipinski definition) is 0. The monoisotopic (exact) mass is 796 g/mol. The minimum Gasteiger partial charge on any atom is -0.500 e. The third-order valence-electron chi connectivity index (χ3n) is 8.47. The van der Waals surface area contributed by atoms with Crippen LogP contribution in [-0.2, 0) is 20.1 Å². The summed E-state index contributed by atoms with van der Waals surface area (Å²) in [5.41, 5.74) is 11.0. The van der Waals surface area contributed by atoms with Crippen LogP contribution in [0.3, 0.4) is 0 Å². The zero-order chi connectivity index (χ0) is 31.7. The summed E-state index contributed by atoms with van der Waals surface area (Å²) in [6.07, 6.45) is 3.66. The molecule has 9 aromatic rings. The van der Waals surface area contributed by atoms with Gasteiger partial charge in [0, 0.05) is 54.4 Å². The molecule has 0 aliphatic heterocycles. The second-order valence-electron chi connectivity index (χ2n) is 11.6. The van der Waals surface area contributed by atoms with Gasteiger partial charge in [0.2, 0.25) is 0 Å². The van der Waals surface area contributed by atoms with Gasteiger partial charge in [0.1, 0.15) is 5.58 Å². The molecule has 0 bridgehead atoms. The fourth-order valence-corrected chi connectivity index (χ4v) is 6.16. The summed E-state index contributed by atoms with van der Waals surface area (Å²) in [6.45, 7) is 4.16. The Balaban J connectivity index is 0.000000237. The number of aromatic nitrogens is 3. The summed E-state index contributed by atoms with van der Waals surface area (Å²) in [5, 5.41) is 5.60. The fourth-order valence-electron chi connectivity index (χ4n) is 6.16. The molecule has 9 rings (SSSR count). The van der Waals surface area contributed by atoms with Gasteiger partial charge in [-0.1, -0.05) is 71.6 Å². The van der Waals surface area contributed by atoms with Crippen molar-refractivity contribution in [1.82, 2.24) is 15.0 Å². The maximum atomic E-state index is 6.51. The summed E-state index contributed by atoms with van der Waals surface area (Å²) < 4.78 is 6.51. The van der Waals surface area contributed by atoms with E-state index in [-0.39, 0.29) is 20.1 Å². The van der Waals surface area contributed by atoms with Gasteiger partial charge in [0.15, 0.2) is 0 Å². The first kappa shape index (κ1) is 31.1. The van der Waals surface area contributed by atoms with Crippen LogP contribution < -0.4 is 0 Å². The molecule has 48 heavy (non-hydrogen) atoms. The molecule has 0 saturated heterocycles. The summed E-state index contributed by atoms with van der Waals surface area (Å²) in [5.74, 6) is 0. The number of pyridine rings is 3. The number of rotatable bonds is 3. The van der Waals surface area contributed by atoms with E-state index in [4.69, 9.17) is 9.40 Å². The summed E-state index contributed by atoms with van der Waals surface area (Å²) in [7, 11) is 0. The standard InChI is InChI=1S/C32H21N2O.C11H8N.Ir/c1-19-16-29-23(11-10-20(2)34-29)17-28(19)22-14-15-33-30(18-22)27-9-5-8-25-26-13-12-21-6-3-4-7-24(21)31(26)35-32(25)27;1-2-6-10(7-3-1)11-8-4-5-9-12-11;/h3-8,10-18H,1-2H3;1-6,8-9H;/q2*-1;. The number of fused-ring (bicyclic) bond motifs is 6. The molecule has 0 unspecified atom stereocenters. The number of furan rings is 1. The molecule has 0 atom stereocenters. The molecule has 0 aliphatic rings. The second-order valence-corrected chi connectivity index (χ2v) is 11.6. The van der Waals surface area contributed by atoms with Crippen molar-refractivity contribution in [2.45, 2.75) is 13.8 Å². The smallest absolute Gasteiger partial charge is 0.128 e. The molecule has 5 aromatic carbocycles. The van der Waals surface area contributed by atoms with Gasteiger partial charge in [0.05, 0.1) is 11.1 Å². The molecular weight excluding hydrogens is 767 g/mol. The fraction of sp³-hybridized carbons (Fsp3) is 0.0465. The van der Waals surface area contributed by atoms with Crippen LogP contribution in [0.1, 0.15) is 11.3 Å². The molecule has 233 valence electrons. The van der Waals surface area contributed by atoms with Gasteiger partial charge in [0.25, 0.3) is 0 Å². The number of nitrogens with zero attached hydrogens (tertiary/aromatic N) is 3. The molecule has 4 aromatic heterocycles. The molecular formula is C43H29IrN3O-2. The second kappa shape index (κ2) is 13.3. The van der Waals surface area contributed by atoms with Crippen molar-refractivity contribution in [1.29, 1.82) is 0 Å². The minimum absolute atomic E-state index is 0. The van der Waals surface area contributed by atoms with Crippen LogP contribution in [0.15, 0.2) is 144 Å². The average molecular weight is 796 g/mol. The van der Waals surface area contributed by atoms with E-state index in [9.17, 15) is 0 Å². The first-order valence-electron chi connectivity index (χ1n) is 15.6. The van der Waals surface area contributed by atoms with E-state index in [0.29, 0.717) is 0 Å². The summed E-state index contributed by atoms with van der Waals surface area (Å²) in [4.78, 5) is 13.6. The molecule has 0 fully saturated rings. The first-order valence-corrected chi connectivity index (χ1v) is 15.6. The van der Waals surface area contributed by atoms with E-state index in [1.165, 1.54) is 16.5 Å². The van der Waals surface area contributed by atoms with Crippen LogP contribution in [0, 0.1) is 26.0 Å². The normalized spacial score (nSPS) is 11.0. The quantitative estimate of drug-likeness (QED) is 0.167. The number of hydrogen-bond acceptors (Lipinski definition) is 4. The van der Waals surface area contributed by atoms with Crippen molar-refractivity contribution in [3.8, 4) is 33.6 Å². The van der Waals surface area contributed by atoms with Crippen molar-refractivity contribution in [2.75, 3.05) is 0 Å². The van der Waals surface area contributed by atoms with Gasteiger partial charge in [-0.2, -0.15) is 0 Å². The zero-order valence-electron chi connectivity index (χ0n) is 26.4. The van der Waals surface area contributed by atoms with Crippen LogP contribution in [0.4, 0.5) is 0 Å². The molecule has 0 amide bonds. The number of benzene rings is 5. The van der Waals surface area contributed by atoms with Crippen LogP contribution in [0.5, 0.6) is 0 Å². The van der Waals surface area contributed by atoms with Crippen molar-refractivity contribution >= 4 is 43.6 Å². The van der Waals surface area contributed by atoms with Gasteiger partial charge < -0.3 is 14.4 Å². The molecule has 0 spiro atoms. The Morgan fingerprint density at radius 1 is 0.583 bits per heavy atom. The molecule has 4 nitrogen and oxygen atoms in total. The maximum absolute atomic E-state index is 6.51. The van der Waals surface area contributed by atoms with Gasteiger partial charge in [-0.25, -0.2) is 0 Å². The number of aryl methyl sites for hydroxylation is 2. The van der Waals surface area contributed by atoms with E-state index in [2.05, 4.69) is 108 Å². The van der Waals surface area contributed by atoms with Crippen LogP contribution in [0.2, 0.25) is 0 Å². The third-order valence-corrected chi connectivity index (χ3v) is 8.47. The van der Waals surface area contributed by atoms with Gasteiger partial charge in [-0.3, -0.25) is 4.98 Å².